The van der Waals surface area contributed by atoms with Gasteiger partial charge in [-0.05, 0) is 46.1 Å². The van der Waals surface area contributed by atoms with Crippen LogP contribution in [0.3, 0.4) is 0 Å². The van der Waals surface area contributed by atoms with Crippen molar-refractivity contribution in [3.8, 4) is 0 Å². The number of para-hydroxylation sites is 2. The van der Waals surface area contributed by atoms with Crippen LogP contribution in [-0.4, -0.2) is 43.6 Å². The van der Waals surface area contributed by atoms with Crippen LogP contribution >= 0.6 is 11.8 Å². The number of nitrogens with one attached hydrogen (secondary N) is 4. The summed E-state index contributed by atoms with van der Waals surface area (Å²) in [7, 11) is 0. The van der Waals surface area contributed by atoms with Gasteiger partial charge in [0, 0.05) is 74.0 Å². The predicted octanol–water partition coefficient (Wildman–Crippen LogP) is 6.32. The number of hydrogen-bond acceptors (Lipinski definition) is 7. The van der Waals surface area contributed by atoms with Gasteiger partial charge in [0.05, 0.1) is 0 Å². The van der Waals surface area contributed by atoms with Crippen molar-refractivity contribution in [3.05, 3.63) is 144 Å². The zero-order chi connectivity index (χ0) is 35.8. The molecule has 6 aromatic rings. The third-order valence-corrected chi connectivity index (χ3v) is 9.91. The number of aromatic nitrogens is 2. The Balaban J connectivity index is 1.50. The first-order valence-electron chi connectivity index (χ1n) is 16.5. The maximum absolute atomic E-state index is 14.7. The Kier molecular flexibility index (Phi) is 10.6. The topological polar surface area (TPSA) is 142 Å². The number of fused-ring (bicyclic) bond motifs is 2. The Labute approximate surface area is 299 Å². The van der Waals surface area contributed by atoms with Crippen LogP contribution in [0.2, 0.25) is 0 Å². The van der Waals surface area contributed by atoms with Gasteiger partial charge in [-0.15, -0.1) is 0 Å². The van der Waals surface area contributed by atoms with Gasteiger partial charge in [-0.25, -0.2) is 0 Å². The zero-order valence-electron chi connectivity index (χ0n) is 28.2. The van der Waals surface area contributed by atoms with Gasteiger partial charge in [0.25, 0.3) is 11.8 Å². The molecule has 2 aromatic heterocycles. The molecule has 0 aliphatic heterocycles. The van der Waals surface area contributed by atoms with Crippen LogP contribution in [0.5, 0.6) is 0 Å². The molecule has 0 radical (unpaired) electrons. The zero-order valence-corrected chi connectivity index (χ0v) is 29.0. The van der Waals surface area contributed by atoms with Crippen LogP contribution in [0.15, 0.2) is 122 Å². The van der Waals surface area contributed by atoms with Crippen molar-refractivity contribution in [2.24, 2.45) is 0 Å². The highest BCUT2D eigenvalue weighted by atomic mass is 32.2. The third-order valence-electron chi connectivity index (χ3n) is 8.43. The highest BCUT2D eigenvalue weighted by Gasteiger charge is 2.56. The second-order valence-electron chi connectivity index (χ2n) is 12.2. The Hall–Kier alpha value is -5.81. The van der Waals surface area contributed by atoms with E-state index < -0.39 is 33.6 Å². The summed E-state index contributed by atoms with van der Waals surface area (Å²) in [6.07, 6.45) is 3.17. The highest BCUT2D eigenvalue weighted by Crippen LogP contribution is 2.46. The van der Waals surface area contributed by atoms with Gasteiger partial charge in [-0.1, -0.05) is 97.1 Å². The Morgan fingerprint density at radius 1 is 0.569 bits per heavy atom. The minimum Gasteiger partial charge on any atom is -0.438 e. The largest absolute Gasteiger partial charge is 0.438 e. The lowest BCUT2D eigenvalue weighted by atomic mass is 10.0. The van der Waals surface area contributed by atoms with Gasteiger partial charge in [-0.2, -0.15) is 0 Å². The van der Waals surface area contributed by atoms with E-state index in [9.17, 15) is 19.2 Å². The van der Waals surface area contributed by atoms with Gasteiger partial charge in [0.1, 0.15) is 0 Å². The standard InChI is InChI=1S/C40H38N4O6S/c1-27(45)49-39(37(47)43-23-29-13-5-3-6-14-29,21-31-25-41-35-19-11-9-17-33(31)35)51-40(50-28(2)46,38(48)44-24-30-15-7-4-8-16-30)22-32-26-42-36-20-12-10-18-34(32)36/h3-20,25-26,41-42H,21-24H2,1-2H3,(H,43,47)(H,44,48). The molecule has 2 atom stereocenters. The number of esters is 2. The fourth-order valence-electron chi connectivity index (χ4n) is 6.15. The Morgan fingerprint density at radius 3 is 1.33 bits per heavy atom. The number of carbonyl (C=O) groups excluding carboxylic acids is 4. The molecular formula is C40H38N4O6S. The van der Waals surface area contributed by atoms with Crippen molar-refractivity contribution < 1.29 is 28.7 Å². The third kappa shape index (κ3) is 8.16. The number of thioether (sulfide) groups is 1. The van der Waals surface area contributed by atoms with E-state index in [0.29, 0.717) is 22.9 Å². The van der Waals surface area contributed by atoms with Crippen LogP contribution in [0, 0.1) is 0 Å². The van der Waals surface area contributed by atoms with Crippen LogP contribution < -0.4 is 10.6 Å². The molecule has 10 nitrogen and oxygen atoms in total. The maximum atomic E-state index is 14.7. The first-order valence-corrected chi connectivity index (χ1v) is 17.3. The normalized spacial score (nSPS) is 13.5. The number of amides is 2. The van der Waals surface area contributed by atoms with E-state index in [1.165, 1.54) is 13.8 Å². The number of rotatable bonds is 14. The summed E-state index contributed by atoms with van der Waals surface area (Å²) in [5.41, 5.74) is 4.55. The van der Waals surface area contributed by atoms with Crippen molar-refractivity contribution >= 4 is 57.3 Å². The first kappa shape index (κ1) is 35.0. The van der Waals surface area contributed by atoms with Crippen molar-refractivity contribution in [2.75, 3.05) is 0 Å². The van der Waals surface area contributed by atoms with Crippen LogP contribution in [-0.2, 0) is 54.6 Å². The van der Waals surface area contributed by atoms with E-state index in [1.54, 1.807) is 12.4 Å². The predicted molar refractivity (Wildman–Crippen MR) is 197 cm³/mol. The maximum Gasteiger partial charge on any atom is 0.304 e. The summed E-state index contributed by atoms with van der Waals surface area (Å²) in [5.74, 6) is -2.87. The number of ether oxygens (including phenoxy) is 2. The van der Waals surface area contributed by atoms with Gasteiger partial charge >= 0.3 is 11.9 Å². The lowest BCUT2D eigenvalue weighted by molar-refractivity contribution is -0.160. The molecule has 4 N–H and O–H groups in total. The second kappa shape index (κ2) is 15.4. The Morgan fingerprint density at radius 2 is 0.941 bits per heavy atom. The van der Waals surface area contributed by atoms with E-state index in [2.05, 4.69) is 20.6 Å². The van der Waals surface area contributed by atoms with Crippen LogP contribution in [0.25, 0.3) is 21.8 Å². The van der Waals surface area contributed by atoms with E-state index in [4.69, 9.17) is 9.47 Å². The van der Waals surface area contributed by atoms with Crippen LogP contribution in [0.4, 0.5) is 0 Å². The van der Waals surface area contributed by atoms with Gasteiger partial charge in [0.15, 0.2) is 0 Å². The molecule has 2 heterocycles. The first-order chi connectivity index (χ1) is 24.7. The summed E-state index contributed by atoms with van der Waals surface area (Å²) in [5, 5.41) is 7.48. The molecule has 0 fully saturated rings. The lowest BCUT2D eigenvalue weighted by Crippen LogP contribution is -2.57. The summed E-state index contributed by atoms with van der Waals surface area (Å²) in [6, 6.07) is 33.7. The van der Waals surface area contributed by atoms with Crippen molar-refractivity contribution in [1.82, 2.24) is 20.6 Å². The van der Waals surface area contributed by atoms with E-state index >= 15 is 0 Å². The fraction of sp³-hybridized carbons (Fsp3) is 0.200. The molecule has 260 valence electrons. The van der Waals surface area contributed by atoms with Gasteiger partial charge in [-0.3, -0.25) is 19.2 Å². The molecule has 51 heavy (non-hydrogen) atoms. The SMILES string of the molecule is CC(=O)OC(Cc1c[nH]c2ccccc12)(SC(Cc1c[nH]c2ccccc12)(OC(C)=O)C(=O)NCc1ccccc1)C(=O)NCc1ccccc1. The summed E-state index contributed by atoms with van der Waals surface area (Å²) in [6.45, 7) is 2.63. The van der Waals surface area contributed by atoms with Crippen molar-refractivity contribution in [2.45, 2.75) is 49.6 Å². The molecule has 2 amide bonds. The van der Waals surface area contributed by atoms with Crippen molar-refractivity contribution in [3.63, 3.8) is 0 Å². The lowest BCUT2D eigenvalue weighted by Gasteiger charge is -2.39. The number of carbonyl (C=O) groups is 4. The second-order valence-corrected chi connectivity index (χ2v) is 13.7. The average Bonchev–Trinajstić information content (AvgIpc) is 3.73. The summed E-state index contributed by atoms with van der Waals surface area (Å²) < 4.78 is 12.2. The smallest absolute Gasteiger partial charge is 0.304 e. The molecule has 0 spiro atoms. The van der Waals surface area contributed by atoms with E-state index in [-0.39, 0.29) is 25.9 Å². The van der Waals surface area contributed by atoms with Gasteiger partial charge in [0.2, 0.25) is 9.87 Å². The molecule has 4 aromatic carbocycles. The average molecular weight is 703 g/mol. The fourth-order valence-corrected chi connectivity index (χ4v) is 7.78. The summed E-state index contributed by atoms with van der Waals surface area (Å²) >= 11 is 0.704. The molecule has 6 rings (SSSR count). The van der Waals surface area contributed by atoms with Crippen molar-refractivity contribution in [1.29, 1.82) is 0 Å². The van der Waals surface area contributed by atoms with E-state index in [0.717, 1.165) is 32.9 Å². The molecule has 0 aliphatic rings. The number of benzene rings is 4. The number of H-pyrrole nitrogens is 2. The number of hydrogen-bond donors (Lipinski definition) is 4. The molecule has 2 unspecified atom stereocenters. The Bertz CT molecular complexity index is 2010. The summed E-state index contributed by atoms with van der Waals surface area (Å²) in [4.78, 5) is 57.8. The monoisotopic (exact) mass is 702 g/mol. The highest BCUT2D eigenvalue weighted by molar-refractivity contribution is 8.03. The minimum absolute atomic E-state index is 0.111. The quantitative estimate of drug-likeness (QED) is 0.0769. The molecule has 0 aliphatic carbocycles. The molecule has 0 saturated carbocycles. The van der Waals surface area contributed by atoms with Crippen LogP contribution in [0.1, 0.15) is 36.1 Å². The van der Waals surface area contributed by atoms with Gasteiger partial charge < -0.3 is 30.1 Å². The minimum atomic E-state index is -2.10. The molecular weight excluding hydrogens is 665 g/mol. The molecule has 11 heteroatoms. The molecule has 0 saturated heterocycles. The molecule has 0 bridgehead atoms. The van der Waals surface area contributed by atoms with E-state index in [1.807, 2.05) is 109 Å². The number of aromatic amines is 2.